The maximum absolute atomic E-state index is 4.32. The summed E-state index contributed by atoms with van der Waals surface area (Å²) in [5, 5.41) is 3.43. The Kier molecular flexibility index (Phi) is 3.06. The number of piperazine rings is 1. The number of imidazole rings is 1. The highest BCUT2D eigenvalue weighted by Crippen LogP contribution is 2.36. The third kappa shape index (κ3) is 2.42. The average molecular weight is 261 g/mol. The molecule has 0 aromatic carbocycles. The van der Waals surface area contributed by atoms with E-state index in [2.05, 4.69) is 30.9 Å². The van der Waals surface area contributed by atoms with Gasteiger partial charge in [0.15, 0.2) is 0 Å². The first-order valence-electron chi connectivity index (χ1n) is 7.58. The van der Waals surface area contributed by atoms with Gasteiger partial charge in [0, 0.05) is 64.1 Å². The molecular formula is C14H23N5. The predicted molar refractivity (Wildman–Crippen MR) is 74.0 cm³/mol. The molecule has 0 spiro atoms. The molecule has 4 rings (SSSR count). The van der Waals surface area contributed by atoms with Crippen molar-refractivity contribution in [3.05, 3.63) is 18.2 Å². The molecule has 2 aliphatic heterocycles. The van der Waals surface area contributed by atoms with Crippen molar-refractivity contribution >= 4 is 0 Å². The van der Waals surface area contributed by atoms with E-state index in [1.54, 1.807) is 0 Å². The summed E-state index contributed by atoms with van der Waals surface area (Å²) in [6, 6.07) is 1.54. The maximum atomic E-state index is 4.32. The van der Waals surface area contributed by atoms with Gasteiger partial charge in [-0.1, -0.05) is 0 Å². The lowest BCUT2D eigenvalue weighted by molar-refractivity contribution is 0.0210. The quantitative estimate of drug-likeness (QED) is 0.846. The van der Waals surface area contributed by atoms with Crippen LogP contribution in [0, 0.1) is 0 Å². The van der Waals surface area contributed by atoms with Gasteiger partial charge in [-0.05, 0) is 12.8 Å². The highest BCUT2D eigenvalue weighted by atomic mass is 15.3. The average Bonchev–Trinajstić information content (AvgIpc) is 3.14. The fourth-order valence-corrected chi connectivity index (χ4v) is 3.32. The second-order valence-electron chi connectivity index (χ2n) is 6.16. The fraction of sp³-hybridized carbons (Fsp3) is 0.786. The summed E-state index contributed by atoms with van der Waals surface area (Å²) >= 11 is 0. The Morgan fingerprint density at radius 2 is 1.95 bits per heavy atom. The molecule has 0 bridgehead atoms. The molecule has 104 valence electrons. The molecule has 19 heavy (non-hydrogen) atoms. The lowest BCUT2D eigenvalue weighted by Crippen LogP contribution is -2.62. The van der Waals surface area contributed by atoms with E-state index >= 15 is 0 Å². The smallest absolute Gasteiger partial charge is 0.0951 e. The largest absolute Gasteiger partial charge is 0.330 e. The Balaban J connectivity index is 1.30. The molecule has 2 saturated heterocycles. The van der Waals surface area contributed by atoms with Crippen molar-refractivity contribution in [3.63, 3.8) is 0 Å². The van der Waals surface area contributed by atoms with Gasteiger partial charge in [0.2, 0.25) is 0 Å². The predicted octanol–water partition coefficient (Wildman–Crippen LogP) is 0.307. The van der Waals surface area contributed by atoms with E-state index < -0.39 is 0 Å². The summed E-state index contributed by atoms with van der Waals surface area (Å²) in [6.45, 7) is 8.30. The molecule has 1 aliphatic carbocycles. The van der Waals surface area contributed by atoms with E-state index in [-0.39, 0.29) is 0 Å². The van der Waals surface area contributed by atoms with Crippen LogP contribution in [0.3, 0.4) is 0 Å². The van der Waals surface area contributed by atoms with E-state index in [1.807, 2.05) is 6.33 Å². The summed E-state index contributed by atoms with van der Waals surface area (Å²) in [5.41, 5.74) is 1.40. The number of hydrogen-bond acceptors (Lipinski definition) is 4. The SMILES string of the molecule is c1ncn(C2CC2)c1CN1CC(N2CCNCC2)C1. The van der Waals surface area contributed by atoms with Crippen LogP contribution in [0.15, 0.2) is 12.5 Å². The number of rotatable bonds is 4. The number of nitrogens with zero attached hydrogens (tertiary/aromatic N) is 4. The number of nitrogens with one attached hydrogen (secondary N) is 1. The first-order chi connectivity index (χ1) is 9.40. The van der Waals surface area contributed by atoms with Gasteiger partial charge < -0.3 is 9.88 Å². The van der Waals surface area contributed by atoms with Crippen LogP contribution in [0.4, 0.5) is 0 Å². The second kappa shape index (κ2) is 4.89. The van der Waals surface area contributed by atoms with Crippen LogP contribution >= 0.6 is 0 Å². The van der Waals surface area contributed by atoms with Crippen LogP contribution in [0.2, 0.25) is 0 Å². The molecule has 0 radical (unpaired) electrons. The molecule has 5 heteroatoms. The third-order valence-corrected chi connectivity index (χ3v) is 4.68. The van der Waals surface area contributed by atoms with Crippen molar-refractivity contribution in [1.29, 1.82) is 0 Å². The first-order valence-corrected chi connectivity index (χ1v) is 7.58. The molecule has 0 amide bonds. The van der Waals surface area contributed by atoms with E-state index in [0.29, 0.717) is 0 Å². The zero-order valence-electron chi connectivity index (χ0n) is 11.5. The van der Waals surface area contributed by atoms with Gasteiger partial charge in [-0.15, -0.1) is 0 Å². The summed E-state index contributed by atoms with van der Waals surface area (Å²) in [7, 11) is 0. The standard InChI is InChI=1S/C14H23N5/c1-2-12(1)19-11-16-7-13(19)8-17-9-14(10-17)18-5-3-15-4-6-18/h7,11-12,14-15H,1-6,8-10H2. The third-order valence-electron chi connectivity index (χ3n) is 4.68. The monoisotopic (exact) mass is 261 g/mol. The number of hydrogen-bond donors (Lipinski definition) is 1. The maximum Gasteiger partial charge on any atom is 0.0951 e. The molecule has 5 nitrogen and oxygen atoms in total. The van der Waals surface area contributed by atoms with Gasteiger partial charge in [-0.25, -0.2) is 4.98 Å². The van der Waals surface area contributed by atoms with Crippen LogP contribution in [-0.2, 0) is 6.54 Å². The summed E-state index contributed by atoms with van der Waals surface area (Å²) < 4.78 is 2.39. The van der Waals surface area contributed by atoms with Crippen LogP contribution < -0.4 is 5.32 Å². The molecule has 1 aromatic heterocycles. The van der Waals surface area contributed by atoms with E-state index in [1.165, 1.54) is 44.7 Å². The minimum atomic E-state index is 0.753. The molecule has 0 atom stereocenters. The van der Waals surface area contributed by atoms with Gasteiger partial charge in [0.05, 0.1) is 12.0 Å². The van der Waals surface area contributed by atoms with Gasteiger partial charge in [-0.2, -0.15) is 0 Å². The van der Waals surface area contributed by atoms with Gasteiger partial charge in [-0.3, -0.25) is 9.80 Å². The van der Waals surface area contributed by atoms with E-state index in [4.69, 9.17) is 0 Å². The summed E-state index contributed by atoms with van der Waals surface area (Å²) in [4.78, 5) is 9.52. The minimum Gasteiger partial charge on any atom is -0.330 e. The molecule has 3 fully saturated rings. The molecule has 1 N–H and O–H groups in total. The minimum absolute atomic E-state index is 0.753. The van der Waals surface area contributed by atoms with Crippen LogP contribution in [0.25, 0.3) is 0 Å². The van der Waals surface area contributed by atoms with Crippen molar-refractivity contribution < 1.29 is 0 Å². The normalized spacial score (nSPS) is 26.5. The molecule has 0 unspecified atom stereocenters. The molecule has 3 heterocycles. The van der Waals surface area contributed by atoms with Crippen LogP contribution in [0.1, 0.15) is 24.6 Å². The van der Waals surface area contributed by atoms with Crippen molar-refractivity contribution in [2.24, 2.45) is 0 Å². The summed E-state index contributed by atoms with van der Waals surface area (Å²) in [6.07, 6.45) is 6.75. The van der Waals surface area contributed by atoms with Crippen molar-refractivity contribution in [2.45, 2.75) is 31.5 Å². The number of aromatic nitrogens is 2. The Morgan fingerprint density at radius 1 is 1.16 bits per heavy atom. The Hall–Kier alpha value is -0.910. The van der Waals surface area contributed by atoms with E-state index in [0.717, 1.165) is 31.7 Å². The highest BCUT2D eigenvalue weighted by molar-refractivity contribution is 5.05. The lowest BCUT2D eigenvalue weighted by Gasteiger charge is -2.46. The Morgan fingerprint density at radius 3 is 2.68 bits per heavy atom. The molecule has 3 aliphatic rings. The zero-order chi connectivity index (χ0) is 12.7. The van der Waals surface area contributed by atoms with Crippen LogP contribution in [0.5, 0.6) is 0 Å². The second-order valence-corrected chi connectivity index (χ2v) is 6.16. The van der Waals surface area contributed by atoms with Gasteiger partial charge >= 0.3 is 0 Å². The molecule has 1 saturated carbocycles. The van der Waals surface area contributed by atoms with Gasteiger partial charge in [0.1, 0.15) is 0 Å². The van der Waals surface area contributed by atoms with Gasteiger partial charge in [0.25, 0.3) is 0 Å². The molecular weight excluding hydrogens is 238 g/mol. The van der Waals surface area contributed by atoms with Crippen molar-refractivity contribution in [1.82, 2.24) is 24.7 Å². The molecule has 1 aromatic rings. The van der Waals surface area contributed by atoms with Crippen molar-refractivity contribution in [2.75, 3.05) is 39.3 Å². The Labute approximate surface area is 114 Å². The number of likely N-dealkylation sites (tertiary alicyclic amines) is 1. The van der Waals surface area contributed by atoms with Crippen molar-refractivity contribution in [3.8, 4) is 0 Å². The zero-order valence-corrected chi connectivity index (χ0v) is 11.5. The Bertz CT molecular complexity index is 427. The van der Waals surface area contributed by atoms with Crippen LogP contribution in [-0.4, -0.2) is 64.7 Å². The van der Waals surface area contributed by atoms with E-state index in [9.17, 15) is 0 Å². The highest BCUT2D eigenvalue weighted by Gasteiger charge is 2.33. The first kappa shape index (κ1) is 11.9. The summed E-state index contributed by atoms with van der Waals surface area (Å²) in [5.74, 6) is 0. The lowest BCUT2D eigenvalue weighted by atomic mass is 10.1. The fourth-order valence-electron chi connectivity index (χ4n) is 3.32. The topological polar surface area (TPSA) is 36.3 Å².